The minimum Gasteiger partial charge on any atom is -0.458 e. The highest BCUT2D eigenvalue weighted by atomic mass is 16.6. The number of carbonyl (C=O) groups excluding carboxylic acids is 2. The molecule has 1 amide bonds. The molecule has 19 heavy (non-hydrogen) atoms. The Morgan fingerprint density at radius 3 is 2.47 bits per heavy atom. The van der Waals surface area contributed by atoms with Crippen molar-refractivity contribution in [3.8, 4) is 0 Å². The molecule has 1 atom stereocenters. The van der Waals surface area contributed by atoms with Crippen LogP contribution in [0.3, 0.4) is 0 Å². The first-order chi connectivity index (χ1) is 8.69. The minimum absolute atomic E-state index is 0.287. The molecule has 1 aromatic rings. The first kappa shape index (κ1) is 15.1. The molecule has 1 heterocycles. The topological polar surface area (TPSA) is 68.3 Å². The average Bonchev–Trinajstić information content (AvgIpc) is 2.26. The fourth-order valence-electron chi connectivity index (χ4n) is 1.39. The van der Waals surface area contributed by atoms with Crippen molar-refractivity contribution in [2.24, 2.45) is 0 Å². The fraction of sp³-hybridized carbons (Fsp3) is 0.500. The lowest BCUT2D eigenvalue weighted by Gasteiger charge is -2.22. The second-order valence-electron chi connectivity index (χ2n) is 5.39. The van der Waals surface area contributed by atoms with Crippen LogP contribution in [0.15, 0.2) is 18.2 Å². The average molecular weight is 264 g/mol. The highest BCUT2D eigenvalue weighted by molar-refractivity contribution is 5.95. The molecule has 0 fully saturated rings. The standard InChI is InChI=1S/C14H20N2O3/c1-9-7-6-8-11(15-9)12(17)16-10(2)13(18)19-14(3,4)5/h6-8,10H,1-5H3,(H,16,17)/t10-/m0/s1. The van der Waals surface area contributed by atoms with Crippen LogP contribution in [0.5, 0.6) is 0 Å². The van der Waals surface area contributed by atoms with Crippen LogP contribution in [0.1, 0.15) is 43.9 Å². The zero-order valence-electron chi connectivity index (χ0n) is 12.0. The van der Waals surface area contributed by atoms with Gasteiger partial charge in [0.1, 0.15) is 17.3 Å². The highest BCUT2D eigenvalue weighted by Gasteiger charge is 2.23. The Kier molecular flexibility index (Phi) is 4.64. The summed E-state index contributed by atoms with van der Waals surface area (Å²) in [6.45, 7) is 8.72. The van der Waals surface area contributed by atoms with Crippen LogP contribution in [0.4, 0.5) is 0 Å². The largest absolute Gasteiger partial charge is 0.458 e. The lowest BCUT2D eigenvalue weighted by molar-refractivity contribution is -0.156. The third-order valence-electron chi connectivity index (χ3n) is 2.23. The molecule has 104 valence electrons. The van der Waals surface area contributed by atoms with Gasteiger partial charge in [-0.05, 0) is 46.8 Å². The van der Waals surface area contributed by atoms with Crippen LogP contribution in [0.25, 0.3) is 0 Å². The Hall–Kier alpha value is -1.91. The lowest BCUT2D eigenvalue weighted by atomic mass is 10.2. The zero-order chi connectivity index (χ0) is 14.6. The van der Waals surface area contributed by atoms with Crippen molar-refractivity contribution in [2.45, 2.75) is 46.3 Å². The van der Waals surface area contributed by atoms with Crippen LogP contribution in [0, 0.1) is 6.92 Å². The predicted octanol–water partition coefficient (Wildman–Crippen LogP) is 1.85. The number of hydrogen-bond acceptors (Lipinski definition) is 4. The first-order valence-electron chi connectivity index (χ1n) is 6.16. The van der Waals surface area contributed by atoms with Crippen LogP contribution in [-0.2, 0) is 9.53 Å². The van der Waals surface area contributed by atoms with Gasteiger partial charge in [-0.15, -0.1) is 0 Å². The fourth-order valence-corrected chi connectivity index (χ4v) is 1.39. The Labute approximate surface area is 113 Å². The first-order valence-corrected chi connectivity index (χ1v) is 6.16. The number of nitrogens with one attached hydrogen (secondary N) is 1. The SMILES string of the molecule is Cc1cccc(C(=O)N[C@@H](C)C(=O)OC(C)(C)C)n1. The predicted molar refractivity (Wildman–Crippen MR) is 71.7 cm³/mol. The number of aryl methyl sites for hydroxylation is 1. The van der Waals surface area contributed by atoms with Crippen molar-refractivity contribution >= 4 is 11.9 Å². The molecule has 0 saturated heterocycles. The summed E-state index contributed by atoms with van der Waals surface area (Å²) in [7, 11) is 0. The number of hydrogen-bond donors (Lipinski definition) is 1. The number of pyridine rings is 1. The van der Waals surface area contributed by atoms with Gasteiger partial charge in [-0.25, -0.2) is 9.78 Å². The summed E-state index contributed by atoms with van der Waals surface area (Å²) in [5.74, 6) is -0.851. The smallest absolute Gasteiger partial charge is 0.328 e. The summed E-state index contributed by atoms with van der Waals surface area (Å²) < 4.78 is 5.19. The van der Waals surface area contributed by atoms with Crippen molar-refractivity contribution in [2.75, 3.05) is 0 Å². The monoisotopic (exact) mass is 264 g/mol. The molecule has 0 aliphatic heterocycles. The quantitative estimate of drug-likeness (QED) is 0.846. The molecule has 5 nitrogen and oxygen atoms in total. The number of amides is 1. The Morgan fingerprint density at radius 1 is 1.32 bits per heavy atom. The molecule has 5 heteroatoms. The maximum atomic E-state index is 11.9. The lowest BCUT2D eigenvalue weighted by Crippen LogP contribution is -2.42. The van der Waals surface area contributed by atoms with E-state index >= 15 is 0 Å². The van der Waals surface area contributed by atoms with E-state index in [-0.39, 0.29) is 11.6 Å². The summed E-state index contributed by atoms with van der Waals surface area (Å²) in [6, 6.07) is 4.43. The van der Waals surface area contributed by atoms with E-state index in [0.29, 0.717) is 0 Å². The third-order valence-corrected chi connectivity index (χ3v) is 2.23. The van der Waals surface area contributed by atoms with E-state index in [9.17, 15) is 9.59 Å². The maximum Gasteiger partial charge on any atom is 0.328 e. The zero-order valence-corrected chi connectivity index (χ0v) is 12.0. The van der Waals surface area contributed by atoms with E-state index in [1.54, 1.807) is 52.8 Å². The summed E-state index contributed by atoms with van der Waals surface area (Å²) >= 11 is 0. The molecule has 0 aliphatic rings. The van der Waals surface area contributed by atoms with E-state index in [4.69, 9.17) is 4.74 Å². The number of carbonyl (C=O) groups is 2. The van der Waals surface area contributed by atoms with Crippen LogP contribution >= 0.6 is 0 Å². The second-order valence-corrected chi connectivity index (χ2v) is 5.39. The molecule has 0 spiro atoms. The van der Waals surface area contributed by atoms with Crippen LogP contribution < -0.4 is 5.32 Å². The summed E-state index contributed by atoms with van der Waals surface area (Å²) in [5, 5.41) is 2.57. The summed E-state index contributed by atoms with van der Waals surface area (Å²) in [6.07, 6.45) is 0. The van der Waals surface area contributed by atoms with Gasteiger partial charge in [0, 0.05) is 5.69 Å². The highest BCUT2D eigenvalue weighted by Crippen LogP contribution is 2.08. The molecular formula is C14H20N2O3. The van der Waals surface area contributed by atoms with Crippen molar-refractivity contribution < 1.29 is 14.3 Å². The molecule has 0 bridgehead atoms. The summed E-state index contributed by atoms with van der Waals surface area (Å²) in [4.78, 5) is 27.7. The van der Waals surface area contributed by atoms with Gasteiger partial charge in [-0.3, -0.25) is 4.79 Å². The molecule has 0 radical (unpaired) electrons. The van der Waals surface area contributed by atoms with Gasteiger partial charge in [0.05, 0.1) is 0 Å². The van der Waals surface area contributed by atoms with Gasteiger partial charge < -0.3 is 10.1 Å². The Bertz CT molecular complexity index is 478. The second kappa shape index (κ2) is 5.82. The minimum atomic E-state index is -0.714. The number of rotatable bonds is 3. The normalized spacial score (nSPS) is 12.7. The van der Waals surface area contributed by atoms with Gasteiger partial charge in [-0.2, -0.15) is 0 Å². The van der Waals surface area contributed by atoms with Crippen molar-refractivity contribution in [3.05, 3.63) is 29.6 Å². The summed E-state index contributed by atoms with van der Waals surface area (Å²) in [5.41, 5.74) is 0.463. The van der Waals surface area contributed by atoms with Gasteiger partial charge in [0.2, 0.25) is 0 Å². The Balaban J connectivity index is 2.64. The molecular weight excluding hydrogens is 244 g/mol. The van der Waals surface area contributed by atoms with Crippen molar-refractivity contribution in [1.29, 1.82) is 0 Å². The van der Waals surface area contributed by atoms with Crippen LogP contribution in [-0.4, -0.2) is 28.5 Å². The van der Waals surface area contributed by atoms with Gasteiger partial charge >= 0.3 is 5.97 Å². The number of aromatic nitrogens is 1. The van der Waals surface area contributed by atoms with E-state index in [1.807, 2.05) is 0 Å². The van der Waals surface area contributed by atoms with Gasteiger partial charge in [-0.1, -0.05) is 6.07 Å². The molecule has 1 aromatic heterocycles. The molecule has 0 aliphatic carbocycles. The van der Waals surface area contributed by atoms with Crippen molar-refractivity contribution in [1.82, 2.24) is 10.3 Å². The third kappa shape index (κ3) is 5.07. The van der Waals surface area contributed by atoms with Gasteiger partial charge in [0.15, 0.2) is 0 Å². The molecule has 0 saturated carbocycles. The van der Waals surface area contributed by atoms with E-state index in [1.165, 1.54) is 0 Å². The van der Waals surface area contributed by atoms with Gasteiger partial charge in [0.25, 0.3) is 5.91 Å². The number of esters is 1. The van der Waals surface area contributed by atoms with Crippen molar-refractivity contribution in [3.63, 3.8) is 0 Å². The number of ether oxygens (including phenoxy) is 1. The van der Waals surface area contributed by atoms with E-state index in [0.717, 1.165) is 5.69 Å². The van der Waals surface area contributed by atoms with E-state index in [2.05, 4.69) is 10.3 Å². The maximum absolute atomic E-state index is 11.9. The molecule has 1 N–H and O–H groups in total. The van der Waals surface area contributed by atoms with E-state index < -0.39 is 17.6 Å². The number of nitrogens with zero attached hydrogens (tertiary/aromatic N) is 1. The molecule has 0 aromatic carbocycles. The molecule has 1 rings (SSSR count). The van der Waals surface area contributed by atoms with Crippen LogP contribution in [0.2, 0.25) is 0 Å². The Morgan fingerprint density at radius 2 is 1.95 bits per heavy atom. The molecule has 0 unspecified atom stereocenters.